The van der Waals surface area contributed by atoms with Crippen molar-refractivity contribution in [2.45, 2.75) is 13.0 Å². The number of carboxylic acids is 2. The first-order chi connectivity index (χ1) is 5.91. The minimum Gasteiger partial charge on any atom is -0.480 e. The molecule has 3 N–H and O–H groups in total. The van der Waals surface area contributed by atoms with Crippen molar-refractivity contribution in [3.05, 3.63) is 0 Å². The van der Waals surface area contributed by atoms with Gasteiger partial charge in [-0.15, -0.1) is 0 Å². The van der Waals surface area contributed by atoms with Crippen LogP contribution in [0, 0.1) is 0 Å². The summed E-state index contributed by atoms with van der Waals surface area (Å²) in [4.78, 5) is 21.7. The Morgan fingerprint density at radius 3 is 1.79 bits per heavy atom. The molecule has 0 aliphatic rings. The number of nitrogens with zero attached hydrogens (tertiary/aromatic N) is 1. The maximum atomic E-state index is 10.3. The van der Waals surface area contributed by atoms with E-state index in [9.17, 15) is 9.59 Å². The zero-order valence-electron chi connectivity index (χ0n) is 8.30. The molecule has 14 heavy (non-hydrogen) atoms. The summed E-state index contributed by atoms with van der Waals surface area (Å²) in [6.45, 7) is 0.754. The average Bonchev–Trinajstić information content (AvgIpc) is 1.80. The number of aliphatic hydroxyl groups is 1. The molecule has 77 valence electrons. The Balaban J connectivity index is 0. The van der Waals surface area contributed by atoms with Crippen LogP contribution in [0.5, 0.6) is 0 Å². The fourth-order valence-corrected chi connectivity index (χ4v) is 0.941. The van der Waals surface area contributed by atoms with Gasteiger partial charge >= 0.3 is 11.9 Å². The Morgan fingerprint density at radius 2 is 1.57 bits per heavy atom. The number of aliphatic hydroxyl groups excluding tert-OH is 1. The van der Waals surface area contributed by atoms with Crippen molar-refractivity contribution in [3.8, 4) is 0 Å². The van der Waals surface area contributed by atoms with Gasteiger partial charge in [-0.25, -0.2) is 0 Å². The Bertz CT molecular complexity index is 181. The van der Waals surface area contributed by atoms with E-state index in [-0.39, 0.29) is 49.2 Å². The Morgan fingerprint density at radius 1 is 1.21 bits per heavy atom. The van der Waals surface area contributed by atoms with Crippen molar-refractivity contribution < 1.29 is 24.9 Å². The van der Waals surface area contributed by atoms with Gasteiger partial charge in [-0.2, -0.15) is 0 Å². The Kier molecular flexibility index (Phi) is 9.53. The molecule has 0 aliphatic heterocycles. The zero-order valence-corrected chi connectivity index (χ0v) is 10.3. The molecule has 0 aliphatic carbocycles. The number of hydrogen-bond acceptors (Lipinski definition) is 4. The monoisotopic (exact) mass is 214 g/mol. The molecule has 6 nitrogen and oxygen atoms in total. The van der Waals surface area contributed by atoms with Crippen molar-refractivity contribution in [1.82, 2.24) is 4.90 Å². The molecule has 0 bridgehead atoms. The van der Waals surface area contributed by atoms with Crippen LogP contribution in [-0.4, -0.2) is 87.5 Å². The zero-order chi connectivity index (χ0) is 10.4. The summed E-state index contributed by atoms with van der Waals surface area (Å²) >= 11 is 0. The first-order valence-electron chi connectivity index (χ1n) is 3.76. The molecule has 1 unspecified atom stereocenters. The third-order valence-electron chi connectivity index (χ3n) is 1.24. The molecule has 0 spiro atoms. The quantitative estimate of drug-likeness (QED) is 0.463. The second-order valence-corrected chi connectivity index (χ2v) is 2.81. The van der Waals surface area contributed by atoms with E-state index in [1.54, 1.807) is 0 Å². The van der Waals surface area contributed by atoms with Crippen LogP contribution >= 0.6 is 0 Å². The van der Waals surface area contributed by atoms with Crippen LogP contribution in [0.2, 0.25) is 0 Å². The molecular weight excluding hydrogens is 201 g/mol. The molecule has 0 rings (SSSR count). The van der Waals surface area contributed by atoms with Gasteiger partial charge in [-0.1, -0.05) is 0 Å². The minimum atomic E-state index is -1.11. The van der Waals surface area contributed by atoms with E-state index in [4.69, 9.17) is 15.3 Å². The number of aliphatic carboxylic acids is 2. The molecule has 0 fully saturated rings. The van der Waals surface area contributed by atoms with Crippen LogP contribution in [0.15, 0.2) is 0 Å². The first kappa shape index (κ1) is 16.3. The molecular formula is C7H13NNaO5. The van der Waals surface area contributed by atoms with E-state index in [2.05, 4.69) is 0 Å². The molecule has 1 radical (unpaired) electrons. The summed E-state index contributed by atoms with van der Waals surface area (Å²) in [6.07, 6.45) is -0.737. The van der Waals surface area contributed by atoms with Gasteiger partial charge in [0.1, 0.15) is 0 Å². The van der Waals surface area contributed by atoms with Gasteiger partial charge in [-0.05, 0) is 6.92 Å². The molecule has 0 aromatic heterocycles. The van der Waals surface area contributed by atoms with E-state index in [1.807, 2.05) is 0 Å². The van der Waals surface area contributed by atoms with Crippen LogP contribution in [0.4, 0.5) is 0 Å². The van der Waals surface area contributed by atoms with Crippen molar-refractivity contribution >= 4 is 41.5 Å². The Labute approximate surface area is 104 Å². The van der Waals surface area contributed by atoms with E-state index < -0.39 is 18.0 Å². The molecule has 7 heteroatoms. The predicted molar refractivity (Wildman–Crippen MR) is 49.1 cm³/mol. The molecule has 0 aromatic carbocycles. The molecule has 0 amide bonds. The summed E-state index contributed by atoms with van der Waals surface area (Å²) < 4.78 is 0. The molecule has 0 aromatic rings. The number of rotatable bonds is 6. The third kappa shape index (κ3) is 9.94. The van der Waals surface area contributed by atoms with Crippen molar-refractivity contribution in [3.63, 3.8) is 0 Å². The maximum absolute atomic E-state index is 10.3. The van der Waals surface area contributed by atoms with Crippen molar-refractivity contribution in [2.75, 3.05) is 19.6 Å². The summed E-state index contributed by atoms with van der Waals surface area (Å²) in [5.41, 5.74) is 0. The van der Waals surface area contributed by atoms with E-state index in [1.165, 1.54) is 6.92 Å². The summed E-state index contributed by atoms with van der Waals surface area (Å²) in [5, 5.41) is 25.7. The molecule has 0 saturated heterocycles. The fraction of sp³-hybridized carbons (Fsp3) is 0.714. The summed E-state index contributed by atoms with van der Waals surface area (Å²) in [6, 6.07) is 0. The number of carboxylic acid groups (broad SMARTS) is 2. The van der Waals surface area contributed by atoms with Gasteiger partial charge in [0.15, 0.2) is 0 Å². The van der Waals surface area contributed by atoms with Gasteiger partial charge in [-0.3, -0.25) is 14.5 Å². The van der Waals surface area contributed by atoms with Crippen molar-refractivity contribution in [2.24, 2.45) is 0 Å². The van der Waals surface area contributed by atoms with Gasteiger partial charge in [0, 0.05) is 36.1 Å². The number of carbonyl (C=O) groups is 2. The summed E-state index contributed by atoms with van der Waals surface area (Å²) in [7, 11) is 0. The van der Waals surface area contributed by atoms with Crippen LogP contribution < -0.4 is 0 Å². The average molecular weight is 214 g/mol. The van der Waals surface area contributed by atoms with Crippen LogP contribution in [0.25, 0.3) is 0 Å². The topological polar surface area (TPSA) is 98.1 Å². The first-order valence-corrected chi connectivity index (χ1v) is 3.76. The Hall–Kier alpha value is -0.140. The normalized spacial score (nSPS) is 11.9. The predicted octanol–water partition coefficient (Wildman–Crippen LogP) is -1.54. The van der Waals surface area contributed by atoms with Gasteiger partial charge in [0.2, 0.25) is 0 Å². The smallest absolute Gasteiger partial charge is 0.317 e. The SMILES string of the molecule is CC(O)CN(CC(=O)O)CC(=O)O.[Na]. The van der Waals surface area contributed by atoms with E-state index in [0.29, 0.717) is 0 Å². The van der Waals surface area contributed by atoms with E-state index >= 15 is 0 Å². The minimum absolute atomic E-state index is 0. The molecule has 0 heterocycles. The van der Waals surface area contributed by atoms with E-state index in [0.717, 1.165) is 4.90 Å². The fourth-order valence-electron chi connectivity index (χ4n) is 0.941. The molecule has 1 atom stereocenters. The largest absolute Gasteiger partial charge is 0.480 e. The van der Waals surface area contributed by atoms with Gasteiger partial charge in [0.25, 0.3) is 0 Å². The molecule has 0 saturated carbocycles. The maximum Gasteiger partial charge on any atom is 0.317 e. The van der Waals surface area contributed by atoms with Gasteiger partial charge in [0.05, 0.1) is 19.2 Å². The number of hydrogen-bond donors (Lipinski definition) is 3. The third-order valence-corrected chi connectivity index (χ3v) is 1.24. The van der Waals surface area contributed by atoms with Crippen molar-refractivity contribution in [1.29, 1.82) is 0 Å². The van der Waals surface area contributed by atoms with Crippen LogP contribution in [0.1, 0.15) is 6.92 Å². The second kappa shape index (κ2) is 8.19. The summed E-state index contributed by atoms with van der Waals surface area (Å²) in [5.74, 6) is -2.22. The van der Waals surface area contributed by atoms with Crippen LogP contribution in [0.3, 0.4) is 0 Å². The van der Waals surface area contributed by atoms with Gasteiger partial charge < -0.3 is 15.3 Å². The standard InChI is InChI=1S/C7H13NO5.Na/c1-5(9)2-8(3-6(10)11)4-7(12)13;/h5,9H,2-4H2,1H3,(H,10,11)(H,12,13);. The van der Waals surface area contributed by atoms with Crippen LogP contribution in [-0.2, 0) is 9.59 Å². The second-order valence-electron chi connectivity index (χ2n) is 2.81.